The second-order valence-corrected chi connectivity index (χ2v) is 11.9. The van der Waals surface area contributed by atoms with Crippen molar-refractivity contribution in [3.8, 4) is 11.6 Å². The average Bonchev–Trinajstić information content (AvgIpc) is 3.55. The summed E-state index contributed by atoms with van der Waals surface area (Å²) in [5, 5.41) is 2.56. The molecule has 0 spiro atoms. The summed E-state index contributed by atoms with van der Waals surface area (Å²) in [6, 6.07) is 2.94. The van der Waals surface area contributed by atoms with Gasteiger partial charge in [-0.1, -0.05) is 0 Å². The first-order valence-electron chi connectivity index (χ1n) is 14.4. The molecule has 0 radical (unpaired) electrons. The topological polar surface area (TPSA) is 171 Å². The van der Waals surface area contributed by atoms with E-state index in [2.05, 4.69) is 25.6 Å². The third-order valence-electron chi connectivity index (χ3n) is 7.17. The molecule has 1 fully saturated rings. The molecule has 45 heavy (non-hydrogen) atoms. The molecule has 4 amide bonds. The molecule has 1 aliphatic carbocycles. The van der Waals surface area contributed by atoms with Crippen LogP contribution in [0.25, 0.3) is 0 Å². The van der Waals surface area contributed by atoms with Gasteiger partial charge in [0.15, 0.2) is 24.8 Å². The van der Waals surface area contributed by atoms with Gasteiger partial charge in [0, 0.05) is 25.6 Å². The molecule has 16 heteroatoms. The third kappa shape index (κ3) is 7.87. The molecule has 0 bridgehead atoms. The second kappa shape index (κ2) is 13.1. The normalized spacial score (nSPS) is 18.7. The number of benzene rings is 1. The van der Waals surface area contributed by atoms with Crippen LogP contribution in [-0.2, 0) is 36.7 Å². The molecule has 2 N–H and O–H groups in total. The Kier molecular flexibility index (Phi) is 9.22. The van der Waals surface area contributed by atoms with Gasteiger partial charge in [-0.3, -0.25) is 19.3 Å². The number of halogens is 1. The van der Waals surface area contributed by atoms with Crippen molar-refractivity contribution in [2.45, 2.75) is 51.7 Å². The molecular formula is C29H35FN6O9. The summed E-state index contributed by atoms with van der Waals surface area (Å²) in [5.41, 5.74) is 2.66. The van der Waals surface area contributed by atoms with Crippen molar-refractivity contribution in [3.63, 3.8) is 0 Å². The van der Waals surface area contributed by atoms with E-state index in [0.29, 0.717) is 24.8 Å². The van der Waals surface area contributed by atoms with Crippen molar-refractivity contribution >= 4 is 35.6 Å². The van der Waals surface area contributed by atoms with Crippen molar-refractivity contribution in [2.75, 3.05) is 50.2 Å². The summed E-state index contributed by atoms with van der Waals surface area (Å²) in [6.45, 7) is 5.42. The lowest BCUT2D eigenvalue weighted by Crippen LogP contribution is -2.41. The van der Waals surface area contributed by atoms with Crippen LogP contribution in [0, 0.1) is 11.7 Å². The summed E-state index contributed by atoms with van der Waals surface area (Å²) < 4.78 is 36.8. The van der Waals surface area contributed by atoms with Crippen LogP contribution in [0.15, 0.2) is 18.3 Å². The molecule has 3 aliphatic rings. The summed E-state index contributed by atoms with van der Waals surface area (Å²) in [5.74, 6) is -0.790. The van der Waals surface area contributed by atoms with Gasteiger partial charge in [-0.25, -0.2) is 29.4 Å². The van der Waals surface area contributed by atoms with Crippen LogP contribution in [0.4, 0.5) is 25.6 Å². The van der Waals surface area contributed by atoms with Crippen LogP contribution in [0.3, 0.4) is 0 Å². The Labute approximate surface area is 258 Å². The van der Waals surface area contributed by atoms with Crippen molar-refractivity contribution < 1.29 is 47.4 Å². The molecule has 3 heterocycles. The van der Waals surface area contributed by atoms with Gasteiger partial charge in [-0.2, -0.15) is 0 Å². The molecule has 15 nitrogen and oxygen atoms in total. The standard InChI is InChI=1S/C29H35FN6O9/c1-29(2,3)45-27(39)35(12-16-7-17-9-19(10-21(30)20(17)8-16)42-15-24(38)34-41-4)6-5-18-13-36(28(40)44-18)22-11-31-26-25(32-22)33-23(37)14-43-26/h9-11,16,18H,5-8,12-15H2,1-4H3,(H,34,38)(H,32,33,37). The molecular weight excluding hydrogens is 595 g/mol. The number of nitrogens with zero attached hydrogens (tertiary/aromatic N) is 4. The minimum absolute atomic E-state index is 0.111. The number of amides is 4. The quantitative estimate of drug-likeness (QED) is 0.370. The highest BCUT2D eigenvalue weighted by Crippen LogP contribution is 2.34. The van der Waals surface area contributed by atoms with E-state index in [4.69, 9.17) is 18.9 Å². The summed E-state index contributed by atoms with van der Waals surface area (Å²) in [7, 11) is 1.30. The molecule has 2 unspecified atom stereocenters. The number of cyclic esters (lactones) is 1. The molecule has 2 atom stereocenters. The van der Waals surface area contributed by atoms with E-state index in [1.54, 1.807) is 31.7 Å². The van der Waals surface area contributed by atoms with Gasteiger partial charge in [0.25, 0.3) is 17.7 Å². The molecule has 0 saturated carbocycles. The van der Waals surface area contributed by atoms with Gasteiger partial charge < -0.3 is 29.2 Å². The Morgan fingerprint density at radius 1 is 1.24 bits per heavy atom. The molecule has 1 saturated heterocycles. The van der Waals surface area contributed by atoms with Crippen LogP contribution >= 0.6 is 0 Å². The van der Waals surface area contributed by atoms with E-state index in [-0.39, 0.29) is 67.9 Å². The number of carbonyl (C=O) groups excluding carboxylic acids is 4. The Morgan fingerprint density at radius 2 is 2.04 bits per heavy atom. The molecule has 5 rings (SSSR count). The average molecular weight is 631 g/mol. The number of anilines is 2. The first kappa shape index (κ1) is 31.7. The maximum absolute atomic E-state index is 15.0. The summed E-state index contributed by atoms with van der Waals surface area (Å²) >= 11 is 0. The zero-order valence-electron chi connectivity index (χ0n) is 25.4. The number of aromatic nitrogens is 2. The number of hydrogen-bond donors (Lipinski definition) is 2. The van der Waals surface area contributed by atoms with Crippen LogP contribution in [0.2, 0.25) is 0 Å². The zero-order valence-corrected chi connectivity index (χ0v) is 25.4. The van der Waals surface area contributed by atoms with Gasteiger partial charge >= 0.3 is 12.2 Å². The lowest BCUT2D eigenvalue weighted by atomic mass is 10.1. The van der Waals surface area contributed by atoms with E-state index in [1.807, 2.05) is 0 Å². The molecule has 2 aliphatic heterocycles. The Bertz CT molecular complexity index is 1480. The van der Waals surface area contributed by atoms with Crippen LogP contribution < -0.4 is 25.2 Å². The Hall–Kier alpha value is -4.73. The monoisotopic (exact) mass is 630 g/mol. The SMILES string of the molecule is CONC(=O)COc1cc(F)c2c(c1)CC(CN(CCC1CN(c3cnc4c(n3)NC(=O)CO4)C(=O)O1)C(=O)OC(C)(C)C)C2. The van der Waals surface area contributed by atoms with Crippen molar-refractivity contribution in [3.05, 3.63) is 35.3 Å². The summed E-state index contributed by atoms with van der Waals surface area (Å²) in [4.78, 5) is 65.0. The van der Waals surface area contributed by atoms with Gasteiger partial charge in [-0.05, 0) is 56.7 Å². The maximum atomic E-state index is 15.0. The van der Waals surface area contributed by atoms with E-state index in [1.165, 1.54) is 24.3 Å². The minimum Gasteiger partial charge on any atom is -0.484 e. The zero-order chi connectivity index (χ0) is 32.3. The number of carbonyl (C=O) groups is 4. The molecule has 242 valence electrons. The van der Waals surface area contributed by atoms with Gasteiger partial charge in [0.1, 0.15) is 23.3 Å². The smallest absolute Gasteiger partial charge is 0.415 e. The van der Waals surface area contributed by atoms with Crippen molar-refractivity contribution in [1.82, 2.24) is 20.3 Å². The Balaban J connectivity index is 1.22. The van der Waals surface area contributed by atoms with Gasteiger partial charge in [0.05, 0.1) is 19.9 Å². The summed E-state index contributed by atoms with van der Waals surface area (Å²) in [6.07, 6.45) is 0.791. The minimum atomic E-state index is -0.748. The number of rotatable bonds is 10. The third-order valence-corrected chi connectivity index (χ3v) is 7.17. The van der Waals surface area contributed by atoms with Gasteiger partial charge in [-0.15, -0.1) is 0 Å². The first-order valence-corrected chi connectivity index (χ1v) is 14.4. The molecule has 1 aromatic carbocycles. The maximum Gasteiger partial charge on any atom is 0.415 e. The Morgan fingerprint density at radius 3 is 2.80 bits per heavy atom. The highest BCUT2D eigenvalue weighted by molar-refractivity contribution is 5.94. The van der Waals surface area contributed by atoms with E-state index >= 15 is 0 Å². The van der Waals surface area contributed by atoms with Crippen molar-refractivity contribution in [2.24, 2.45) is 5.92 Å². The lowest BCUT2D eigenvalue weighted by Gasteiger charge is -2.29. The lowest BCUT2D eigenvalue weighted by molar-refractivity contribution is -0.133. The molecule has 2 aromatic rings. The van der Waals surface area contributed by atoms with Gasteiger partial charge in [0.2, 0.25) is 0 Å². The van der Waals surface area contributed by atoms with E-state index < -0.39 is 35.6 Å². The van der Waals surface area contributed by atoms with E-state index in [9.17, 15) is 23.6 Å². The van der Waals surface area contributed by atoms with Crippen molar-refractivity contribution in [1.29, 1.82) is 0 Å². The van der Waals surface area contributed by atoms with Crippen LogP contribution in [0.1, 0.15) is 38.3 Å². The number of nitrogens with one attached hydrogen (secondary N) is 2. The highest BCUT2D eigenvalue weighted by atomic mass is 19.1. The fourth-order valence-electron chi connectivity index (χ4n) is 5.29. The largest absolute Gasteiger partial charge is 0.484 e. The number of ether oxygens (including phenoxy) is 4. The predicted octanol–water partition coefficient (Wildman–Crippen LogP) is 2.37. The predicted molar refractivity (Wildman–Crippen MR) is 154 cm³/mol. The van der Waals surface area contributed by atoms with Crippen LogP contribution in [-0.4, -0.2) is 90.5 Å². The number of hydrogen-bond acceptors (Lipinski definition) is 11. The second-order valence-electron chi connectivity index (χ2n) is 11.9. The fourth-order valence-corrected chi connectivity index (χ4v) is 5.29. The number of fused-ring (bicyclic) bond motifs is 2. The molecule has 1 aromatic heterocycles. The first-order chi connectivity index (χ1) is 21.4. The fraction of sp³-hybridized carbons (Fsp3) is 0.517. The highest BCUT2D eigenvalue weighted by Gasteiger charge is 2.36. The number of hydroxylamine groups is 1. The van der Waals surface area contributed by atoms with E-state index in [0.717, 1.165) is 5.56 Å². The van der Waals surface area contributed by atoms with Crippen LogP contribution in [0.5, 0.6) is 11.6 Å².